The highest BCUT2D eigenvalue weighted by atomic mass is 35.5. The highest BCUT2D eigenvalue weighted by Gasteiger charge is 2.22. The molecule has 1 aliphatic rings. The Morgan fingerprint density at radius 3 is 2.58 bits per heavy atom. The number of hydrogen-bond donors (Lipinski definition) is 2. The maximum atomic E-state index is 12.2. The van der Waals surface area contributed by atoms with Gasteiger partial charge >= 0.3 is 0 Å². The number of hydrogen-bond acceptors (Lipinski definition) is 6. The van der Waals surface area contributed by atoms with Gasteiger partial charge in [0.2, 0.25) is 0 Å². The number of nitrogens with one attached hydrogen (secondary N) is 2. The molecule has 0 radical (unpaired) electrons. The number of hydrazone groups is 1. The second-order valence-electron chi connectivity index (χ2n) is 7.32. The summed E-state index contributed by atoms with van der Waals surface area (Å²) >= 11 is 5.93. The van der Waals surface area contributed by atoms with Gasteiger partial charge in [-0.15, -0.1) is 0 Å². The molecule has 0 atom stereocenters. The van der Waals surface area contributed by atoms with Crippen LogP contribution in [0.15, 0.2) is 53.6 Å². The van der Waals surface area contributed by atoms with E-state index in [0.717, 1.165) is 37.7 Å². The molecule has 1 heterocycles. The molecule has 0 bridgehead atoms. The number of carboxylic acid groups (broad SMARTS) is 1. The normalized spacial score (nSPS) is 15.1. The van der Waals surface area contributed by atoms with Crippen LogP contribution >= 0.6 is 11.6 Å². The molecular weight excluding hydrogens is 420 g/mol. The highest BCUT2D eigenvalue weighted by Crippen LogP contribution is 2.15. The number of carbonyl (C=O) groups is 2. The van der Waals surface area contributed by atoms with Crippen LogP contribution < -0.4 is 20.2 Å². The lowest BCUT2D eigenvalue weighted by Crippen LogP contribution is -3.15. The minimum absolute atomic E-state index is 0.175. The van der Waals surface area contributed by atoms with E-state index in [1.165, 1.54) is 16.7 Å². The van der Waals surface area contributed by atoms with Crippen molar-refractivity contribution in [1.29, 1.82) is 0 Å². The van der Waals surface area contributed by atoms with Gasteiger partial charge in [-0.25, -0.2) is 5.43 Å². The first-order valence-electron chi connectivity index (χ1n) is 10.0. The SMILES string of the molecule is O=C([O-])COc1ccccc1/C=N/NC(=O)C[NH+]1CCN(Cc2ccc(Cl)cc2)CC1. The molecule has 31 heavy (non-hydrogen) atoms. The summed E-state index contributed by atoms with van der Waals surface area (Å²) in [6, 6.07) is 14.7. The standard InChI is InChI=1S/C22H25ClN4O4/c23-19-7-5-17(6-8-19)14-26-9-11-27(12-10-26)15-21(28)25-24-13-18-3-1-2-4-20(18)31-16-22(29)30/h1-8,13H,9-12,14-16H2,(H,25,28)(H,29,30)/b24-13+. The number of carboxylic acids is 1. The van der Waals surface area contributed by atoms with E-state index in [0.29, 0.717) is 17.9 Å². The van der Waals surface area contributed by atoms with Gasteiger partial charge in [-0.1, -0.05) is 35.9 Å². The number of aliphatic carboxylic acids is 1. The van der Waals surface area contributed by atoms with Crippen LogP contribution in [0.25, 0.3) is 0 Å². The van der Waals surface area contributed by atoms with Crippen LogP contribution in [0.5, 0.6) is 5.75 Å². The van der Waals surface area contributed by atoms with Crippen molar-refractivity contribution in [3.63, 3.8) is 0 Å². The van der Waals surface area contributed by atoms with Crippen molar-refractivity contribution in [2.24, 2.45) is 5.10 Å². The summed E-state index contributed by atoms with van der Waals surface area (Å²) < 4.78 is 5.15. The Labute approximate surface area is 186 Å². The zero-order chi connectivity index (χ0) is 22.1. The monoisotopic (exact) mass is 444 g/mol. The van der Waals surface area contributed by atoms with Crippen LogP contribution in [-0.2, 0) is 16.1 Å². The van der Waals surface area contributed by atoms with Crippen molar-refractivity contribution >= 4 is 29.7 Å². The predicted octanol–water partition coefficient (Wildman–Crippen LogP) is -0.680. The Hall–Kier alpha value is -2.94. The number of piperazine rings is 1. The van der Waals surface area contributed by atoms with Gasteiger partial charge in [0, 0.05) is 30.2 Å². The molecule has 9 heteroatoms. The fourth-order valence-electron chi connectivity index (χ4n) is 3.35. The lowest BCUT2D eigenvalue weighted by Gasteiger charge is -2.31. The van der Waals surface area contributed by atoms with E-state index in [1.807, 2.05) is 24.3 Å². The molecule has 2 N–H and O–H groups in total. The molecule has 0 spiro atoms. The zero-order valence-corrected chi connectivity index (χ0v) is 17.8. The number of carbonyl (C=O) groups excluding carboxylic acids is 2. The molecule has 2 aromatic rings. The minimum atomic E-state index is -1.31. The van der Waals surface area contributed by atoms with E-state index < -0.39 is 12.6 Å². The molecule has 0 unspecified atom stereocenters. The summed E-state index contributed by atoms with van der Waals surface area (Å²) in [5.74, 6) is -1.13. The molecule has 0 aromatic heterocycles. The maximum Gasteiger partial charge on any atom is 0.295 e. The van der Waals surface area contributed by atoms with Gasteiger partial charge in [0.1, 0.15) is 12.4 Å². The molecule has 2 aromatic carbocycles. The largest absolute Gasteiger partial charge is 0.546 e. The molecule has 0 saturated carbocycles. The van der Waals surface area contributed by atoms with E-state index in [4.69, 9.17) is 16.3 Å². The highest BCUT2D eigenvalue weighted by molar-refractivity contribution is 6.30. The summed E-state index contributed by atoms with van der Waals surface area (Å²) in [7, 11) is 0. The molecule has 164 valence electrons. The van der Waals surface area contributed by atoms with Crippen molar-refractivity contribution in [3.8, 4) is 5.75 Å². The number of ether oxygens (including phenoxy) is 1. The minimum Gasteiger partial charge on any atom is -0.546 e. The first kappa shape index (κ1) is 22.7. The third-order valence-corrected chi connectivity index (χ3v) is 5.20. The van der Waals surface area contributed by atoms with Gasteiger partial charge in [-0.05, 0) is 29.8 Å². The van der Waals surface area contributed by atoms with Crippen LogP contribution in [0.4, 0.5) is 0 Å². The average molecular weight is 445 g/mol. The number of amides is 1. The molecule has 1 aliphatic heterocycles. The van der Waals surface area contributed by atoms with Gasteiger partial charge < -0.3 is 19.5 Å². The van der Waals surface area contributed by atoms with E-state index in [2.05, 4.69) is 15.4 Å². The third kappa shape index (κ3) is 7.67. The van der Waals surface area contributed by atoms with Crippen molar-refractivity contribution in [2.75, 3.05) is 39.3 Å². The number of rotatable bonds is 9. The predicted molar refractivity (Wildman–Crippen MR) is 115 cm³/mol. The molecule has 0 aliphatic carbocycles. The van der Waals surface area contributed by atoms with E-state index in [9.17, 15) is 14.7 Å². The molecule has 1 fully saturated rings. The van der Waals surface area contributed by atoms with Crippen LogP contribution in [0.3, 0.4) is 0 Å². The smallest absolute Gasteiger partial charge is 0.295 e. The second-order valence-corrected chi connectivity index (χ2v) is 7.76. The van der Waals surface area contributed by atoms with Gasteiger partial charge in [0.05, 0.1) is 25.3 Å². The number of quaternary nitrogens is 1. The van der Waals surface area contributed by atoms with Crippen LogP contribution in [0.2, 0.25) is 5.02 Å². The summed E-state index contributed by atoms with van der Waals surface area (Å²) in [5.41, 5.74) is 4.31. The van der Waals surface area contributed by atoms with Crippen molar-refractivity contribution in [2.45, 2.75) is 6.54 Å². The molecule has 8 nitrogen and oxygen atoms in total. The Morgan fingerprint density at radius 2 is 1.87 bits per heavy atom. The van der Waals surface area contributed by atoms with Gasteiger partial charge in [0.25, 0.3) is 5.91 Å². The zero-order valence-electron chi connectivity index (χ0n) is 17.1. The summed E-state index contributed by atoms with van der Waals surface area (Å²) in [6.07, 6.45) is 1.43. The molecule has 3 rings (SSSR count). The van der Waals surface area contributed by atoms with Gasteiger partial charge in [0.15, 0.2) is 6.54 Å². The fourth-order valence-corrected chi connectivity index (χ4v) is 3.47. The maximum absolute atomic E-state index is 12.2. The van der Waals surface area contributed by atoms with Crippen molar-refractivity contribution in [1.82, 2.24) is 10.3 Å². The lowest BCUT2D eigenvalue weighted by atomic mass is 10.2. The van der Waals surface area contributed by atoms with Gasteiger partial charge in [-0.3, -0.25) is 9.69 Å². The van der Waals surface area contributed by atoms with Crippen molar-refractivity contribution in [3.05, 3.63) is 64.7 Å². The first-order chi connectivity index (χ1) is 15.0. The van der Waals surface area contributed by atoms with Crippen LogP contribution in [-0.4, -0.2) is 62.3 Å². The Morgan fingerprint density at radius 1 is 1.16 bits per heavy atom. The summed E-state index contributed by atoms with van der Waals surface area (Å²) in [5, 5.41) is 15.3. The molecule has 1 saturated heterocycles. The van der Waals surface area contributed by atoms with Crippen LogP contribution in [0, 0.1) is 0 Å². The van der Waals surface area contributed by atoms with E-state index >= 15 is 0 Å². The number of nitrogens with zero attached hydrogens (tertiary/aromatic N) is 2. The Kier molecular flexibility index (Phi) is 8.40. The summed E-state index contributed by atoms with van der Waals surface area (Å²) in [6.45, 7) is 4.25. The number of halogens is 1. The third-order valence-electron chi connectivity index (χ3n) is 4.95. The Bertz CT molecular complexity index is 912. The van der Waals surface area contributed by atoms with E-state index in [1.54, 1.807) is 24.3 Å². The topological polar surface area (TPSA) is 98.5 Å². The second kappa shape index (κ2) is 11.5. The van der Waals surface area contributed by atoms with Crippen LogP contribution in [0.1, 0.15) is 11.1 Å². The van der Waals surface area contributed by atoms with E-state index in [-0.39, 0.29) is 5.91 Å². The quantitative estimate of drug-likeness (QED) is 0.394. The van der Waals surface area contributed by atoms with Gasteiger partial charge in [-0.2, -0.15) is 5.10 Å². The Balaban J connectivity index is 1.41. The fraction of sp³-hybridized carbons (Fsp3) is 0.318. The lowest BCUT2D eigenvalue weighted by molar-refractivity contribution is -0.896. The number of para-hydroxylation sites is 1. The average Bonchev–Trinajstić information content (AvgIpc) is 2.76. The number of benzene rings is 2. The van der Waals surface area contributed by atoms with Crippen molar-refractivity contribution < 1.29 is 24.3 Å². The summed E-state index contributed by atoms with van der Waals surface area (Å²) in [4.78, 5) is 26.4. The first-order valence-corrected chi connectivity index (χ1v) is 10.4. The molecular formula is C22H25ClN4O4. The molecule has 1 amide bonds.